The second kappa shape index (κ2) is 3.62. The lowest BCUT2D eigenvalue weighted by Gasteiger charge is -2.28. The molecule has 1 heterocycles. The molecule has 1 aliphatic heterocycles. The highest BCUT2D eigenvalue weighted by molar-refractivity contribution is 5.61. The number of rotatable bonds is 1. The molecule has 1 unspecified atom stereocenters. The van der Waals surface area contributed by atoms with Crippen molar-refractivity contribution in [3.63, 3.8) is 0 Å². The number of nitrogens with two attached hydrogens (primary N) is 1. The lowest BCUT2D eigenvalue weighted by molar-refractivity contribution is 0.108. The molecule has 4 heteroatoms. The molecule has 0 bridgehead atoms. The molecule has 1 aromatic rings. The van der Waals surface area contributed by atoms with Gasteiger partial charge in [-0.1, -0.05) is 0 Å². The van der Waals surface area contributed by atoms with Crippen LogP contribution < -0.4 is 5.73 Å². The molecule has 1 atom stereocenters. The molecule has 15 heavy (non-hydrogen) atoms. The Morgan fingerprint density at radius 3 is 3.00 bits per heavy atom. The second-order valence-corrected chi connectivity index (χ2v) is 3.84. The SMILES string of the molecule is CC1(c2cc(N)ccc2F)COCC=N1. The van der Waals surface area contributed by atoms with Crippen molar-refractivity contribution in [3.05, 3.63) is 29.6 Å². The molecule has 3 nitrogen and oxygen atoms in total. The first-order chi connectivity index (χ1) is 7.12. The van der Waals surface area contributed by atoms with Crippen LogP contribution in [-0.4, -0.2) is 19.4 Å². The van der Waals surface area contributed by atoms with Gasteiger partial charge in [-0.3, -0.25) is 4.99 Å². The summed E-state index contributed by atoms with van der Waals surface area (Å²) in [6.45, 7) is 2.70. The van der Waals surface area contributed by atoms with Crippen molar-refractivity contribution in [2.24, 2.45) is 4.99 Å². The van der Waals surface area contributed by atoms with Crippen molar-refractivity contribution < 1.29 is 9.13 Å². The molecular formula is C11H13FN2O. The van der Waals surface area contributed by atoms with Gasteiger partial charge >= 0.3 is 0 Å². The van der Waals surface area contributed by atoms with Gasteiger partial charge in [-0.25, -0.2) is 4.39 Å². The third-order valence-electron chi connectivity index (χ3n) is 2.52. The van der Waals surface area contributed by atoms with E-state index in [4.69, 9.17) is 10.5 Å². The van der Waals surface area contributed by atoms with Crippen LogP contribution in [0.25, 0.3) is 0 Å². The predicted octanol–water partition coefficient (Wildman–Crippen LogP) is 1.72. The standard InChI is InChI=1S/C11H13FN2O/c1-11(7-15-5-4-14-11)9-6-8(13)2-3-10(9)12/h2-4,6H,5,7,13H2,1H3. The van der Waals surface area contributed by atoms with E-state index in [2.05, 4.69) is 4.99 Å². The van der Waals surface area contributed by atoms with Gasteiger partial charge in [0, 0.05) is 17.5 Å². The molecule has 0 aliphatic carbocycles. The zero-order valence-corrected chi connectivity index (χ0v) is 8.53. The number of nitrogen functional groups attached to an aromatic ring is 1. The van der Waals surface area contributed by atoms with Gasteiger partial charge in [-0.2, -0.15) is 0 Å². The van der Waals surface area contributed by atoms with Crippen LogP contribution in [0.4, 0.5) is 10.1 Å². The fourth-order valence-corrected chi connectivity index (χ4v) is 1.69. The molecule has 0 radical (unpaired) electrons. The number of anilines is 1. The number of ether oxygens (including phenoxy) is 1. The summed E-state index contributed by atoms with van der Waals surface area (Å²) < 4.78 is 18.9. The van der Waals surface area contributed by atoms with Crippen molar-refractivity contribution in [1.82, 2.24) is 0 Å². The van der Waals surface area contributed by atoms with Gasteiger partial charge in [0.2, 0.25) is 0 Å². The van der Waals surface area contributed by atoms with E-state index in [0.717, 1.165) is 0 Å². The predicted molar refractivity (Wildman–Crippen MR) is 57.5 cm³/mol. The Morgan fingerprint density at radius 2 is 2.33 bits per heavy atom. The van der Waals surface area contributed by atoms with E-state index < -0.39 is 5.54 Å². The number of benzene rings is 1. The van der Waals surface area contributed by atoms with Crippen molar-refractivity contribution >= 4 is 11.9 Å². The van der Waals surface area contributed by atoms with Crippen LogP contribution in [0.3, 0.4) is 0 Å². The Labute approximate surface area is 87.8 Å². The van der Waals surface area contributed by atoms with E-state index in [9.17, 15) is 4.39 Å². The van der Waals surface area contributed by atoms with Crippen LogP contribution in [0.5, 0.6) is 0 Å². The van der Waals surface area contributed by atoms with E-state index in [-0.39, 0.29) is 5.82 Å². The maximum absolute atomic E-state index is 13.6. The van der Waals surface area contributed by atoms with E-state index in [1.807, 2.05) is 6.92 Å². The van der Waals surface area contributed by atoms with E-state index >= 15 is 0 Å². The fourth-order valence-electron chi connectivity index (χ4n) is 1.69. The minimum Gasteiger partial charge on any atom is -0.399 e. The maximum Gasteiger partial charge on any atom is 0.129 e. The highest BCUT2D eigenvalue weighted by Gasteiger charge is 2.30. The first-order valence-electron chi connectivity index (χ1n) is 4.79. The number of nitrogens with zero attached hydrogens (tertiary/aromatic N) is 1. The van der Waals surface area contributed by atoms with Crippen LogP contribution in [0, 0.1) is 5.82 Å². The summed E-state index contributed by atoms with van der Waals surface area (Å²) in [5, 5.41) is 0. The van der Waals surface area contributed by atoms with Gasteiger partial charge in [0.05, 0.1) is 13.2 Å². The summed E-state index contributed by atoms with van der Waals surface area (Å²) in [6.07, 6.45) is 1.66. The zero-order chi connectivity index (χ0) is 10.9. The van der Waals surface area contributed by atoms with Gasteiger partial charge in [0.25, 0.3) is 0 Å². The van der Waals surface area contributed by atoms with Crippen molar-refractivity contribution in [2.75, 3.05) is 18.9 Å². The number of hydrogen-bond donors (Lipinski definition) is 1. The van der Waals surface area contributed by atoms with Crippen molar-refractivity contribution in [1.29, 1.82) is 0 Å². The summed E-state index contributed by atoms with van der Waals surface area (Å²) in [6, 6.07) is 4.51. The Kier molecular flexibility index (Phi) is 2.44. The third-order valence-corrected chi connectivity index (χ3v) is 2.52. The number of halogens is 1. The topological polar surface area (TPSA) is 47.6 Å². The normalized spacial score (nSPS) is 25.5. The highest BCUT2D eigenvalue weighted by Crippen LogP contribution is 2.30. The quantitative estimate of drug-likeness (QED) is 0.714. The smallest absolute Gasteiger partial charge is 0.129 e. The Balaban J connectivity index is 2.47. The van der Waals surface area contributed by atoms with Crippen LogP contribution in [0.1, 0.15) is 12.5 Å². The molecule has 0 amide bonds. The average molecular weight is 208 g/mol. The maximum atomic E-state index is 13.6. The lowest BCUT2D eigenvalue weighted by atomic mass is 9.92. The van der Waals surface area contributed by atoms with Gasteiger partial charge in [-0.15, -0.1) is 0 Å². The summed E-state index contributed by atoms with van der Waals surface area (Å²) in [5.74, 6) is -0.297. The molecule has 2 rings (SSSR count). The van der Waals surface area contributed by atoms with Gasteiger partial charge in [-0.05, 0) is 25.1 Å². The molecule has 80 valence electrons. The molecule has 0 aromatic heterocycles. The first-order valence-corrected chi connectivity index (χ1v) is 4.79. The molecule has 1 aromatic carbocycles. The molecule has 0 spiro atoms. The molecule has 1 aliphatic rings. The highest BCUT2D eigenvalue weighted by atomic mass is 19.1. The fraction of sp³-hybridized carbons (Fsp3) is 0.364. The minimum atomic E-state index is -0.655. The van der Waals surface area contributed by atoms with Gasteiger partial charge < -0.3 is 10.5 Å². The molecule has 0 saturated heterocycles. The van der Waals surface area contributed by atoms with Crippen LogP contribution in [0.2, 0.25) is 0 Å². The van der Waals surface area contributed by atoms with E-state index in [0.29, 0.717) is 24.5 Å². The molecule has 0 saturated carbocycles. The lowest BCUT2D eigenvalue weighted by Crippen LogP contribution is -2.31. The Bertz CT molecular complexity index is 406. The average Bonchev–Trinajstić information content (AvgIpc) is 2.23. The molecule has 0 fully saturated rings. The molecule has 2 N–H and O–H groups in total. The van der Waals surface area contributed by atoms with Crippen molar-refractivity contribution in [2.45, 2.75) is 12.5 Å². The Morgan fingerprint density at radius 1 is 1.53 bits per heavy atom. The third kappa shape index (κ3) is 1.85. The van der Waals surface area contributed by atoms with Crippen LogP contribution >= 0.6 is 0 Å². The second-order valence-electron chi connectivity index (χ2n) is 3.84. The number of aliphatic imine (C=N–C) groups is 1. The van der Waals surface area contributed by atoms with Gasteiger partial charge in [0.15, 0.2) is 0 Å². The molecular weight excluding hydrogens is 195 g/mol. The van der Waals surface area contributed by atoms with Gasteiger partial charge in [0.1, 0.15) is 11.4 Å². The van der Waals surface area contributed by atoms with Crippen LogP contribution in [0.15, 0.2) is 23.2 Å². The van der Waals surface area contributed by atoms with E-state index in [1.54, 1.807) is 12.3 Å². The van der Waals surface area contributed by atoms with Crippen LogP contribution in [-0.2, 0) is 10.3 Å². The largest absolute Gasteiger partial charge is 0.399 e. The summed E-state index contributed by atoms with van der Waals surface area (Å²) in [5.41, 5.74) is 6.00. The first kappa shape index (κ1) is 10.1. The summed E-state index contributed by atoms with van der Waals surface area (Å²) in [7, 11) is 0. The van der Waals surface area contributed by atoms with Crippen molar-refractivity contribution in [3.8, 4) is 0 Å². The number of hydrogen-bond acceptors (Lipinski definition) is 3. The Hall–Kier alpha value is -1.42. The minimum absolute atomic E-state index is 0.297. The van der Waals surface area contributed by atoms with E-state index in [1.165, 1.54) is 12.1 Å². The summed E-state index contributed by atoms with van der Waals surface area (Å²) >= 11 is 0. The zero-order valence-electron chi connectivity index (χ0n) is 8.53. The summed E-state index contributed by atoms with van der Waals surface area (Å²) in [4.78, 5) is 4.29. The monoisotopic (exact) mass is 208 g/mol.